The first kappa shape index (κ1) is 9.65. The highest BCUT2D eigenvalue weighted by molar-refractivity contribution is 6.74. The van der Waals surface area contributed by atoms with Crippen LogP contribution in [-0.4, -0.2) is 6.98 Å². The third-order valence-corrected chi connectivity index (χ3v) is 1.77. The lowest BCUT2D eigenvalue weighted by atomic mass is 9.76. The van der Waals surface area contributed by atoms with E-state index >= 15 is 0 Å². The van der Waals surface area contributed by atoms with E-state index in [9.17, 15) is 12.9 Å². The molecule has 0 bridgehead atoms. The Bertz CT molecular complexity index is 365. The van der Waals surface area contributed by atoms with Crippen molar-refractivity contribution in [3.63, 3.8) is 0 Å². The van der Waals surface area contributed by atoms with Crippen LogP contribution in [-0.2, 0) is 0 Å². The Labute approximate surface area is 73.9 Å². The molecular weight excluding hydrogens is 178 g/mol. The molecule has 68 valence electrons. The van der Waals surface area contributed by atoms with Gasteiger partial charge in [0.15, 0.2) is 0 Å². The minimum absolute atomic E-state index is 0.269. The summed E-state index contributed by atoms with van der Waals surface area (Å²) in [6.45, 7) is -3.59. The molecule has 0 saturated heterocycles. The van der Waals surface area contributed by atoms with Gasteiger partial charge in [0.25, 0.3) is 0 Å². The summed E-state index contributed by atoms with van der Waals surface area (Å²) in [6, 6.07) is 5.30. The first-order chi connectivity index (χ1) is 5.96. The fourth-order valence-corrected chi connectivity index (χ4v) is 1.12. The molecule has 0 N–H and O–H groups in total. The second-order valence-corrected chi connectivity index (χ2v) is 2.73. The van der Waals surface area contributed by atoms with Gasteiger partial charge >= 0.3 is 6.98 Å². The van der Waals surface area contributed by atoms with E-state index in [-0.39, 0.29) is 5.56 Å². The number of nitriles is 1. The molecular formula is C8H6BF3N-. The molecule has 0 amide bonds. The summed E-state index contributed by atoms with van der Waals surface area (Å²) in [5, 5.41) is 8.52. The van der Waals surface area contributed by atoms with Crippen LogP contribution in [0.2, 0.25) is 0 Å². The number of benzene rings is 1. The lowest BCUT2D eigenvalue weighted by molar-refractivity contribution is 0.500. The highest BCUT2D eigenvalue weighted by atomic mass is 19.4. The summed E-state index contributed by atoms with van der Waals surface area (Å²) in [6.07, 6.45) is 0. The molecule has 0 fully saturated rings. The normalized spacial score (nSPS) is 11.0. The number of nitrogens with zero attached hydrogens (tertiary/aromatic N) is 1. The van der Waals surface area contributed by atoms with Crippen molar-refractivity contribution in [3.8, 4) is 6.07 Å². The molecule has 1 aromatic rings. The third kappa shape index (κ3) is 1.83. The van der Waals surface area contributed by atoms with Crippen molar-refractivity contribution < 1.29 is 12.9 Å². The second-order valence-electron chi connectivity index (χ2n) is 2.73. The van der Waals surface area contributed by atoms with Crippen LogP contribution in [0.1, 0.15) is 11.1 Å². The van der Waals surface area contributed by atoms with Gasteiger partial charge in [-0.25, -0.2) is 0 Å². The Kier molecular flexibility index (Phi) is 2.33. The molecule has 13 heavy (non-hydrogen) atoms. The average molecular weight is 184 g/mol. The Morgan fingerprint density at radius 3 is 2.31 bits per heavy atom. The van der Waals surface area contributed by atoms with Crippen LogP contribution in [0.4, 0.5) is 12.9 Å². The van der Waals surface area contributed by atoms with Crippen LogP contribution in [0.5, 0.6) is 0 Å². The van der Waals surface area contributed by atoms with Gasteiger partial charge in [0.1, 0.15) is 0 Å². The molecule has 0 radical (unpaired) electrons. The monoisotopic (exact) mass is 184 g/mol. The summed E-state index contributed by atoms with van der Waals surface area (Å²) in [5.74, 6) is 0. The predicted molar refractivity (Wildman–Crippen MR) is 44.6 cm³/mol. The summed E-state index contributed by atoms with van der Waals surface area (Å²) in [5.41, 5.74) is -0.711. The van der Waals surface area contributed by atoms with Crippen molar-refractivity contribution >= 4 is 12.4 Å². The van der Waals surface area contributed by atoms with E-state index in [4.69, 9.17) is 5.26 Å². The van der Waals surface area contributed by atoms with Crippen LogP contribution in [0, 0.1) is 18.3 Å². The lowest BCUT2D eigenvalue weighted by Gasteiger charge is -2.17. The Morgan fingerprint density at radius 2 is 1.92 bits per heavy atom. The number of hydrogen-bond donors (Lipinski definition) is 0. The van der Waals surface area contributed by atoms with Crippen LogP contribution in [0.15, 0.2) is 18.2 Å². The largest absolute Gasteiger partial charge is 0.510 e. The van der Waals surface area contributed by atoms with E-state index in [0.29, 0.717) is 5.56 Å². The third-order valence-electron chi connectivity index (χ3n) is 1.77. The van der Waals surface area contributed by atoms with Gasteiger partial charge in [-0.2, -0.15) is 5.26 Å². The van der Waals surface area contributed by atoms with Gasteiger partial charge in [0.2, 0.25) is 0 Å². The van der Waals surface area contributed by atoms with E-state index < -0.39 is 12.4 Å². The van der Waals surface area contributed by atoms with Crippen LogP contribution >= 0.6 is 0 Å². The molecule has 0 spiro atoms. The maximum atomic E-state index is 12.3. The first-order valence-electron chi connectivity index (χ1n) is 3.66. The number of rotatable bonds is 1. The lowest BCUT2D eigenvalue weighted by Crippen LogP contribution is -2.36. The molecule has 0 aliphatic carbocycles. The molecule has 0 saturated carbocycles. The van der Waals surface area contributed by atoms with Gasteiger partial charge in [-0.15, -0.1) is 0 Å². The average Bonchev–Trinajstić information content (AvgIpc) is 2.02. The fourth-order valence-electron chi connectivity index (χ4n) is 1.12. The van der Waals surface area contributed by atoms with Crippen molar-refractivity contribution in [2.24, 2.45) is 0 Å². The minimum atomic E-state index is -5.08. The molecule has 0 aromatic heterocycles. The van der Waals surface area contributed by atoms with E-state index in [0.717, 1.165) is 6.07 Å². The maximum Gasteiger partial charge on any atom is 0.510 e. The molecule has 1 aromatic carbocycles. The Morgan fingerprint density at radius 1 is 1.31 bits per heavy atom. The van der Waals surface area contributed by atoms with Gasteiger partial charge < -0.3 is 12.9 Å². The quantitative estimate of drug-likeness (QED) is 0.611. The standard InChI is InChI=1S/C8H6BF3N/c1-6-3-2-4-8(7(6)5-13)9(10,11)12/h2-4H,1H3/q-1. The number of hydrogen-bond acceptors (Lipinski definition) is 1. The molecule has 0 atom stereocenters. The maximum absolute atomic E-state index is 12.3. The Balaban J connectivity index is 3.40. The van der Waals surface area contributed by atoms with Crippen molar-refractivity contribution in [2.75, 3.05) is 0 Å². The van der Waals surface area contributed by atoms with Gasteiger partial charge in [0.05, 0.1) is 6.07 Å². The van der Waals surface area contributed by atoms with Crippen molar-refractivity contribution in [1.29, 1.82) is 5.26 Å². The van der Waals surface area contributed by atoms with Crippen molar-refractivity contribution in [1.82, 2.24) is 0 Å². The smallest absolute Gasteiger partial charge is 0.445 e. The molecule has 0 heterocycles. The second kappa shape index (κ2) is 3.13. The topological polar surface area (TPSA) is 23.8 Å². The van der Waals surface area contributed by atoms with Crippen LogP contribution in [0.25, 0.3) is 0 Å². The van der Waals surface area contributed by atoms with Gasteiger partial charge in [-0.1, -0.05) is 23.7 Å². The first-order valence-corrected chi connectivity index (χ1v) is 3.66. The minimum Gasteiger partial charge on any atom is -0.445 e. The molecule has 5 heteroatoms. The van der Waals surface area contributed by atoms with Crippen molar-refractivity contribution in [2.45, 2.75) is 6.92 Å². The van der Waals surface area contributed by atoms with E-state index in [1.165, 1.54) is 19.1 Å². The zero-order chi connectivity index (χ0) is 10.1. The SMILES string of the molecule is Cc1cccc([B-](F)(F)F)c1C#N. The molecule has 0 aliphatic rings. The highest BCUT2D eigenvalue weighted by Crippen LogP contribution is 2.14. The van der Waals surface area contributed by atoms with E-state index in [1.807, 2.05) is 0 Å². The summed E-state index contributed by atoms with van der Waals surface area (Å²) >= 11 is 0. The number of halogens is 3. The van der Waals surface area contributed by atoms with Crippen LogP contribution < -0.4 is 5.46 Å². The van der Waals surface area contributed by atoms with Crippen LogP contribution in [0.3, 0.4) is 0 Å². The Hall–Kier alpha value is -1.44. The van der Waals surface area contributed by atoms with Crippen molar-refractivity contribution in [3.05, 3.63) is 29.3 Å². The summed E-state index contributed by atoms with van der Waals surface area (Å²) in [7, 11) is 0. The number of aryl methyl sites for hydroxylation is 1. The fraction of sp³-hybridized carbons (Fsp3) is 0.125. The predicted octanol–water partition coefficient (Wildman–Crippen LogP) is 1.92. The van der Waals surface area contributed by atoms with Gasteiger partial charge in [0, 0.05) is 5.56 Å². The summed E-state index contributed by atoms with van der Waals surface area (Å²) in [4.78, 5) is 0. The van der Waals surface area contributed by atoms with E-state index in [2.05, 4.69) is 0 Å². The zero-order valence-corrected chi connectivity index (χ0v) is 6.89. The van der Waals surface area contributed by atoms with Gasteiger partial charge in [-0.05, 0) is 12.5 Å². The molecule has 0 unspecified atom stereocenters. The highest BCUT2D eigenvalue weighted by Gasteiger charge is 2.28. The van der Waals surface area contributed by atoms with Gasteiger partial charge in [-0.3, -0.25) is 0 Å². The summed E-state index contributed by atoms with van der Waals surface area (Å²) < 4.78 is 37.0. The molecule has 1 nitrogen and oxygen atoms in total. The molecule has 1 rings (SSSR count). The molecule has 0 aliphatic heterocycles. The van der Waals surface area contributed by atoms with E-state index in [1.54, 1.807) is 6.07 Å². The zero-order valence-electron chi connectivity index (χ0n) is 6.89.